The minimum Gasteiger partial charge on any atom is -0.424 e. The molecule has 1 atom stereocenters. The molecule has 2 fully saturated rings. The van der Waals surface area contributed by atoms with Gasteiger partial charge in [-0.25, -0.2) is 4.98 Å². The van der Waals surface area contributed by atoms with E-state index in [4.69, 9.17) is 4.42 Å². The number of anilines is 1. The van der Waals surface area contributed by atoms with Gasteiger partial charge >= 0.3 is 0 Å². The summed E-state index contributed by atoms with van der Waals surface area (Å²) in [6.45, 7) is 7.97. The Morgan fingerprint density at radius 2 is 2.09 bits per heavy atom. The van der Waals surface area contributed by atoms with E-state index in [1.807, 2.05) is 13.0 Å². The summed E-state index contributed by atoms with van der Waals surface area (Å²) in [5.41, 5.74) is 1.07. The molecule has 0 radical (unpaired) electrons. The van der Waals surface area contributed by atoms with Crippen molar-refractivity contribution in [2.75, 3.05) is 24.5 Å². The average molecular weight is 313 g/mol. The molecule has 2 aliphatic rings. The number of aryl methyl sites for hydroxylation is 1. The number of aromatic nitrogens is 3. The fourth-order valence-corrected chi connectivity index (χ4v) is 3.14. The van der Waals surface area contributed by atoms with E-state index in [1.165, 1.54) is 12.8 Å². The molecule has 0 unspecified atom stereocenters. The number of piperazine rings is 1. The highest BCUT2D eigenvalue weighted by Gasteiger charge is 2.30. The Balaban J connectivity index is 1.38. The molecule has 6 nitrogen and oxygen atoms in total. The van der Waals surface area contributed by atoms with Crippen LogP contribution in [0.2, 0.25) is 0 Å². The quantitative estimate of drug-likeness (QED) is 0.863. The van der Waals surface area contributed by atoms with Gasteiger partial charge in [-0.05, 0) is 38.8 Å². The summed E-state index contributed by atoms with van der Waals surface area (Å²) < 4.78 is 5.80. The molecule has 2 aromatic rings. The predicted octanol–water partition coefficient (Wildman–Crippen LogP) is 2.36. The molecule has 1 saturated carbocycles. The number of nitrogens with zero attached hydrogens (tertiary/aromatic N) is 5. The molecule has 6 heteroatoms. The smallest absolute Gasteiger partial charge is 0.230 e. The molecule has 23 heavy (non-hydrogen) atoms. The van der Waals surface area contributed by atoms with Gasteiger partial charge in [0.15, 0.2) is 0 Å². The van der Waals surface area contributed by atoms with Crippen molar-refractivity contribution in [2.24, 2.45) is 0 Å². The van der Waals surface area contributed by atoms with Crippen molar-refractivity contribution in [3.63, 3.8) is 0 Å². The Hall–Kier alpha value is -1.95. The zero-order valence-electron chi connectivity index (χ0n) is 13.8. The minimum atomic E-state index is 0.433. The Morgan fingerprint density at radius 1 is 1.22 bits per heavy atom. The van der Waals surface area contributed by atoms with Crippen LogP contribution in [0.1, 0.15) is 43.2 Å². The van der Waals surface area contributed by atoms with E-state index < -0.39 is 0 Å². The molecule has 4 rings (SSSR count). The number of rotatable bonds is 4. The van der Waals surface area contributed by atoms with Crippen LogP contribution in [0.4, 0.5) is 5.82 Å². The van der Waals surface area contributed by atoms with E-state index in [-0.39, 0.29) is 0 Å². The van der Waals surface area contributed by atoms with Crippen LogP contribution in [-0.4, -0.2) is 45.8 Å². The van der Waals surface area contributed by atoms with E-state index >= 15 is 0 Å². The molecule has 0 amide bonds. The first-order chi connectivity index (χ1) is 11.2. The topological polar surface area (TPSA) is 58.3 Å². The summed E-state index contributed by atoms with van der Waals surface area (Å²) in [6.07, 6.45) is 2.39. The number of hydrogen-bond acceptors (Lipinski definition) is 6. The molecule has 122 valence electrons. The van der Waals surface area contributed by atoms with Gasteiger partial charge in [0.25, 0.3) is 0 Å². The highest BCUT2D eigenvalue weighted by Crippen LogP contribution is 2.39. The van der Waals surface area contributed by atoms with E-state index in [0.29, 0.717) is 12.0 Å². The molecule has 1 saturated heterocycles. The molecule has 0 spiro atoms. The summed E-state index contributed by atoms with van der Waals surface area (Å²) >= 11 is 0. The third-order valence-corrected chi connectivity index (χ3v) is 4.71. The van der Waals surface area contributed by atoms with Crippen molar-refractivity contribution in [1.82, 2.24) is 20.1 Å². The van der Waals surface area contributed by atoms with Gasteiger partial charge in [0.05, 0.1) is 6.54 Å². The zero-order chi connectivity index (χ0) is 15.8. The first-order valence-corrected chi connectivity index (χ1v) is 8.44. The van der Waals surface area contributed by atoms with Crippen LogP contribution in [0.3, 0.4) is 0 Å². The van der Waals surface area contributed by atoms with Gasteiger partial charge in [-0.2, -0.15) is 0 Å². The molecule has 2 aromatic heterocycles. The summed E-state index contributed by atoms with van der Waals surface area (Å²) in [6, 6.07) is 6.64. The second-order valence-electron chi connectivity index (χ2n) is 6.71. The van der Waals surface area contributed by atoms with Crippen LogP contribution in [-0.2, 0) is 6.54 Å². The molecular weight excluding hydrogens is 290 g/mol. The Kier molecular flexibility index (Phi) is 3.77. The van der Waals surface area contributed by atoms with Gasteiger partial charge in [0.2, 0.25) is 11.8 Å². The predicted molar refractivity (Wildman–Crippen MR) is 87.3 cm³/mol. The standard InChI is InChI=1S/C17H23N5O/c1-12-4-3-5-15(18-12)22-9-8-21(13(2)10-22)11-16-19-20-17(23-16)14-6-7-14/h3-5,13-14H,6-11H2,1-2H3/t13-/m0/s1. The van der Waals surface area contributed by atoms with Crippen molar-refractivity contribution in [2.45, 2.75) is 45.2 Å². The molecule has 3 heterocycles. The molecule has 0 bridgehead atoms. The molecular formula is C17H23N5O. The van der Waals surface area contributed by atoms with Crippen LogP contribution in [0.15, 0.2) is 22.6 Å². The lowest BCUT2D eigenvalue weighted by Gasteiger charge is -2.39. The van der Waals surface area contributed by atoms with E-state index in [2.05, 4.69) is 44.0 Å². The van der Waals surface area contributed by atoms with Gasteiger partial charge in [0.1, 0.15) is 5.82 Å². The van der Waals surface area contributed by atoms with Crippen LogP contribution in [0.25, 0.3) is 0 Å². The second kappa shape index (κ2) is 5.92. The van der Waals surface area contributed by atoms with Crippen LogP contribution < -0.4 is 4.90 Å². The number of pyridine rings is 1. The third kappa shape index (κ3) is 3.22. The normalized spacial score (nSPS) is 22.5. The van der Waals surface area contributed by atoms with Gasteiger partial charge in [-0.3, -0.25) is 4.90 Å². The minimum absolute atomic E-state index is 0.433. The van der Waals surface area contributed by atoms with Crippen molar-refractivity contribution in [3.8, 4) is 0 Å². The van der Waals surface area contributed by atoms with Crippen molar-refractivity contribution >= 4 is 5.82 Å². The summed E-state index contributed by atoms with van der Waals surface area (Å²) in [7, 11) is 0. The van der Waals surface area contributed by atoms with E-state index in [9.17, 15) is 0 Å². The van der Waals surface area contributed by atoms with Gasteiger partial charge in [-0.15, -0.1) is 10.2 Å². The SMILES string of the molecule is Cc1cccc(N2CCN(Cc3nnc(C4CC4)o3)[C@@H](C)C2)n1. The summed E-state index contributed by atoms with van der Waals surface area (Å²) in [4.78, 5) is 9.41. The summed E-state index contributed by atoms with van der Waals surface area (Å²) in [5.74, 6) is 3.18. The van der Waals surface area contributed by atoms with Crippen molar-refractivity contribution < 1.29 is 4.42 Å². The monoisotopic (exact) mass is 313 g/mol. The molecule has 1 aliphatic heterocycles. The van der Waals surface area contributed by atoms with Crippen LogP contribution in [0.5, 0.6) is 0 Å². The highest BCUT2D eigenvalue weighted by molar-refractivity contribution is 5.40. The molecule has 0 N–H and O–H groups in total. The molecule has 1 aliphatic carbocycles. The third-order valence-electron chi connectivity index (χ3n) is 4.71. The van der Waals surface area contributed by atoms with Crippen molar-refractivity contribution in [1.29, 1.82) is 0 Å². The first kappa shape index (κ1) is 14.6. The lowest BCUT2D eigenvalue weighted by atomic mass is 10.2. The molecule has 0 aromatic carbocycles. The second-order valence-corrected chi connectivity index (χ2v) is 6.71. The Bertz CT molecular complexity index is 681. The highest BCUT2D eigenvalue weighted by atomic mass is 16.4. The fourth-order valence-electron chi connectivity index (χ4n) is 3.14. The van der Waals surface area contributed by atoms with Crippen LogP contribution in [0, 0.1) is 6.92 Å². The van der Waals surface area contributed by atoms with Crippen LogP contribution >= 0.6 is 0 Å². The fraction of sp³-hybridized carbons (Fsp3) is 0.588. The Labute approximate surface area is 136 Å². The van der Waals surface area contributed by atoms with E-state index in [0.717, 1.165) is 49.5 Å². The van der Waals surface area contributed by atoms with Gasteiger partial charge in [-0.1, -0.05) is 6.07 Å². The maximum atomic E-state index is 5.80. The largest absolute Gasteiger partial charge is 0.424 e. The van der Waals surface area contributed by atoms with E-state index in [1.54, 1.807) is 0 Å². The zero-order valence-corrected chi connectivity index (χ0v) is 13.8. The number of hydrogen-bond donors (Lipinski definition) is 0. The maximum absolute atomic E-state index is 5.80. The lowest BCUT2D eigenvalue weighted by molar-refractivity contribution is 0.163. The average Bonchev–Trinajstić information content (AvgIpc) is 3.29. The Morgan fingerprint density at radius 3 is 2.83 bits per heavy atom. The van der Waals surface area contributed by atoms with Gasteiger partial charge < -0.3 is 9.32 Å². The first-order valence-electron chi connectivity index (χ1n) is 8.44. The maximum Gasteiger partial charge on any atom is 0.230 e. The van der Waals surface area contributed by atoms with Gasteiger partial charge in [0, 0.05) is 37.3 Å². The summed E-state index contributed by atoms with van der Waals surface area (Å²) in [5, 5.41) is 8.39. The lowest BCUT2D eigenvalue weighted by Crippen LogP contribution is -2.51. The van der Waals surface area contributed by atoms with Crippen molar-refractivity contribution in [3.05, 3.63) is 35.7 Å².